The lowest BCUT2D eigenvalue weighted by Crippen LogP contribution is -2.42. The molecule has 0 fully saturated rings. The molecular weight excluding hydrogens is 261 g/mol. The maximum Gasteiger partial charge on any atom is 0.339 e. The molecule has 0 heterocycles. The Bertz CT molecular complexity index is 530. The summed E-state index contributed by atoms with van der Waals surface area (Å²) in [6.07, 6.45) is 0. The van der Waals surface area contributed by atoms with Crippen molar-refractivity contribution in [2.45, 2.75) is 46.7 Å². The van der Waals surface area contributed by atoms with Gasteiger partial charge in [0.05, 0.1) is 5.56 Å². The summed E-state index contributed by atoms with van der Waals surface area (Å²) in [6, 6.07) is 2.59. The van der Waals surface area contributed by atoms with E-state index in [2.05, 4.69) is 0 Å². The van der Waals surface area contributed by atoms with Crippen molar-refractivity contribution in [2.24, 2.45) is 0 Å². The standard InChI is InChI=1S/C15H20FNO3/c1-8(2)17(9(3)4)14(18)11-7-6-10(5)13(16)12(11)15(19)20/h6-9H,1-5H3,(H,19,20). The van der Waals surface area contributed by atoms with E-state index in [4.69, 9.17) is 5.11 Å². The van der Waals surface area contributed by atoms with Crippen LogP contribution >= 0.6 is 0 Å². The number of rotatable bonds is 4. The average molecular weight is 281 g/mol. The highest BCUT2D eigenvalue weighted by Gasteiger charge is 2.28. The smallest absolute Gasteiger partial charge is 0.339 e. The van der Waals surface area contributed by atoms with E-state index in [0.29, 0.717) is 0 Å². The maximum atomic E-state index is 14.0. The fourth-order valence-corrected chi connectivity index (χ4v) is 2.27. The lowest BCUT2D eigenvalue weighted by molar-refractivity contribution is 0.0615. The highest BCUT2D eigenvalue weighted by Crippen LogP contribution is 2.21. The van der Waals surface area contributed by atoms with Gasteiger partial charge in [-0.1, -0.05) is 6.07 Å². The van der Waals surface area contributed by atoms with Crippen molar-refractivity contribution >= 4 is 11.9 Å². The van der Waals surface area contributed by atoms with Crippen LogP contribution < -0.4 is 0 Å². The molecule has 4 nitrogen and oxygen atoms in total. The van der Waals surface area contributed by atoms with Crippen molar-refractivity contribution in [3.8, 4) is 0 Å². The van der Waals surface area contributed by atoms with Crippen molar-refractivity contribution < 1.29 is 19.1 Å². The second-order valence-corrected chi connectivity index (χ2v) is 5.32. The van der Waals surface area contributed by atoms with Gasteiger partial charge in [-0.05, 0) is 46.2 Å². The number of hydrogen-bond donors (Lipinski definition) is 1. The van der Waals surface area contributed by atoms with Gasteiger partial charge in [-0.3, -0.25) is 4.79 Å². The van der Waals surface area contributed by atoms with E-state index >= 15 is 0 Å². The van der Waals surface area contributed by atoms with Crippen LogP contribution in [0.3, 0.4) is 0 Å². The predicted octanol–water partition coefficient (Wildman–Crippen LogP) is 3.09. The van der Waals surface area contributed by atoms with Gasteiger partial charge in [-0.15, -0.1) is 0 Å². The molecule has 1 aromatic rings. The van der Waals surface area contributed by atoms with E-state index in [1.807, 2.05) is 27.7 Å². The number of carboxylic acid groups (broad SMARTS) is 1. The molecule has 1 rings (SSSR count). The molecule has 0 unspecified atom stereocenters. The van der Waals surface area contributed by atoms with Crippen LogP contribution in [0.25, 0.3) is 0 Å². The largest absolute Gasteiger partial charge is 0.478 e. The Morgan fingerprint density at radius 3 is 2.05 bits per heavy atom. The monoisotopic (exact) mass is 281 g/mol. The van der Waals surface area contributed by atoms with Crippen LogP contribution in [-0.2, 0) is 0 Å². The zero-order valence-electron chi connectivity index (χ0n) is 12.4. The number of halogens is 1. The highest BCUT2D eigenvalue weighted by molar-refractivity contribution is 6.05. The van der Waals surface area contributed by atoms with E-state index in [-0.39, 0.29) is 23.2 Å². The second kappa shape index (κ2) is 6.03. The van der Waals surface area contributed by atoms with Gasteiger partial charge >= 0.3 is 5.97 Å². The van der Waals surface area contributed by atoms with Crippen molar-refractivity contribution in [3.05, 3.63) is 34.6 Å². The van der Waals surface area contributed by atoms with Crippen LogP contribution in [0.4, 0.5) is 4.39 Å². The number of benzene rings is 1. The molecule has 0 aromatic heterocycles. The zero-order valence-corrected chi connectivity index (χ0v) is 12.4. The molecule has 1 N–H and O–H groups in total. The van der Waals surface area contributed by atoms with E-state index in [0.717, 1.165) is 0 Å². The van der Waals surface area contributed by atoms with Gasteiger partial charge in [0.15, 0.2) is 0 Å². The summed E-state index contributed by atoms with van der Waals surface area (Å²) >= 11 is 0. The number of carboxylic acids is 1. The molecule has 1 amide bonds. The van der Waals surface area contributed by atoms with Gasteiger partial charge in [-0.2, -0.15) is 0 Å². The second-order valence-electron chi connectivity index (χ2n) is 5.32. The molecule has 0 aliphatic heterocycles. The first-order chi connectivity index (χ1) is 9.18. The molecular formula is C15H20FNO3. The fourth-order valence-electron chi connectivity index (χ4n) is 2.27. The summed E-state index contributed by atoms with van der Waals surface area (Å²) in [5.41, 5.74) is -0.455. The summed E-state index contributed by atoms with van der Waals surface area (Å²) in [7, 11) is 0. The minimum Gasteiger partial charge on any atom is -0.478 e. The van der Waals surface area contributed by atoms with E-state index in [1.54, 1.807) is 0 Å². The van der Waals surface area contributed by atoms with Crippen molar-refractivity contribution in [2.75, 3.05) is 0 Å². The van der Waals surface area contributed by atoms with Gasteiger partial charge in [0, 0.05) is 12.1 Å². The molecule has 0 saturated carbocycles. The first-order valence-corrected chi connectivity index (χ1v) is 6.53. The molecule has 0 atom stereocenters. The van der Waals surface area contributed by atoms with Gasteiger partial charge in [0.1, 0.15) is 11.4 Å². The summed E-state index contributed by atoms with van der Waals surface area (Å²) in [5.74, 6) is -2.75. The summed E-state index contributed by atoms with van der Waals surface area (Å²) in [5, 5.41) is 9.17. The summed E-state index contributed by atoms with van der Waals surface area (Å²) in [6.45, 7) is 8.82. The predicted molar refractivity (Wildman–Crippen MR) is 74.5 cm³/mol. The van der Waals surface area contributed by atoms with Crippen LogP contribution in [0.2, 0.25) is 0 Å². The maximum absolute atomic E-state index is 14.0. The first-order valence-electron chi connectivity index (χ1n) is 6.53. The minimum absolute atomic E-state index is 0.103. The Balaban J connectivity index is 3.43. The number of nitrogens with zero attached hydrogens (tertiary/aromatic N) is 1. The number of aryl methyl sites for hydroxylation is 1. The van der Waals surface area contributed by atoms with Gasteiger partial charge in [0.25, 0.3) is 5.91 Å². The quantitative estimate of drug-likeness (QED) is 0.922. The summed E-state index contributed by atoms with van der Waals surface area (Å²) in [4.78, 5) is 25.3. The fraction of sp³-hybridized carbons (Fsp3) is 0.467. The molecule has 0 spiro atoms. The lowest BCUT2D eigenvalue weighted by Gasteiger charge is -2.31. The van der Waals surface area contributed by atoms with Crippen molar-refractivity contribution in [3.63, 3.8) is 0 Å². The van der Waals surface area contributed by atoms with Crippen LogP contribution in [0.1, 0.15) is 54.0 Å². The first kappa shape index (κ1) is 16.1. The Morgan fingerprint density at radius 2 is 1.65 bits per heavy atom. The van der Waals surface area contributed by atoms with Gasteiger partial charge < -0.3 is 10.0 Å². The lowest BCUT2D eigenvalue weighted by atomic mass is 10.0. The molecule has 0 aliphatic carbocycles. The third-order valence-corrected chi connectivity index (χ3v) is 3.13. The Kier molecular flexibility index (Phi) is 4.87. The molecule has 0 aliphatic rings. The molecule has 5 heteroatoms. The number of amides is 1. The zero-order chi connectivity index (χ0) is 15.6. The van der Waals surface area contributed by atoms with E-state index in [1.165, 1.54) is 24.0 Å². The van der Waals surface area contributed by atoms with E-state index in [9.17, 15) is 14.0 Å². The number of carbonyl (C=O) groups is 2. The van der Waals surface area contributed by atoms with E-state index < -0.39 is 23.3 Å². The third-order valence-electron chi connectivity index (χ3n) is 3.13. The topological polar surface area (TPSA) is 57.6 Å². The van der Waals surface area contributed by atoms with Crippen LogP contribution in [0, 0.1) is 12.7 Å². The highest BCUT2D eigenvalue weighted by atomic mass is 19.1. The number of aromatic carboxylic acids is 1. The average Bonchev–Trinajstić information content (AvgIpc) is 2.30. The third kappa shape index (κ3) is 2.98. The Hall–Kier alpha value is -1.91. The SMILES string of the molecule is Cc1ccc(C(=O)N(C(C)C)C(C)C)c(C(=O)O)c1F. The van der Waals surface area contributed by atoms with Crippen LogP contribution in [0.5, 0.6) is 0 Å². The molecule has 0 saturated heterocycles. The van der Waals surface area contributed by atoms with Crippen molar-refractivity contribution in [1.29, 1.82) is 0 Å². The van der Waals surface area contributed by atoms with Crippen molar-refractivity contribution in [1.82, 2.24) is 4.90 Å². The normalized spacial score (nSPS) is 11.0. The van der Waals surface area contributed by atoms with Gasteiger partial charge in [0.2, 0.25) is 0 Å². The Morgan fingerprint density at radius 1 is 1.15 bits per heavy atom. The number of carbonyl (C=O) groups excluding carboxylic acids is 1. The molecule has 1 aromatic carbocycles. The summed E-state index contributed by atoms with van der Waals surface area (Å²) < 4.78 is 14.0. The van der Waals surface area contributed by atoms with Gasteiger partial charge in [-0.25, -0.2) is 9.18 Å². The molecule has 110 valence electrons. The Labute approximate surface area is 118 Å². The molecule has 20 heavy (non-hydrogen) atoms. The van der Waals surface area contributed by atoms with Crippen LogP contribution in [-0.4, -0.2) is 34.0 Å². The number of hydrogen-bond acceptors (Lipinski definition) is 2. The molecule has 0 radical (unpaired) electrons. The minimum atomic E-state index is -1.43. The molecule has 0 bridgehead atoms. The van der Waals surface area contributed by atoms with Crippen LogP contribution in [0.15, 0.2) is 12.1 Å².